The fourth-order valence-electron chi connectivity index (χ4n) is 7.17. The Labute approximate surface area is 209 Å². The van der Waals surface area contributed by atoms with Crippen LogP contribution in [0.4, 0.5) is 0 Å². The molecule has 35 heavy (non-hydrogen) atoms. The molecule has 1 atom stereocenters. The van der Waals surface area contributed by atoms with Crippen molar-refractivity contribution in [2.24, 2.45) is 23.2 Å². The van der Waals surface area contributed by atoms with Crippen LogP contribution in [0.1, 0.15) is 60.0 Å². The van der Waals surface area contributed by atoms with Crippen molar-refractivity contribution < 1.29 is 9.59 Å². The lowest BCUT2D eigenvalue weighted by Gasteiger charge is -2.55. The number of hydrogen-bond donors (Lipinski definition) is 2. The van der Waals surface area contributed by atoms with Gasteiger partial charge < -0.3 is 15.5 Å². The van der Waals surface area contributed by atoms with Crippen molar-refractivity contribution in [2.45, 2.75) is 57.5 Å². The molecular formula is C30H39N3O2. The maximum Gasteiger partial charge on any atom is 0.251 e. The Kier molecular flexibility index (Phi) is 6.97. The van der Waals surface area contributed by atoms with Gasteiger partial charge in [-0.2, -0.15) is 0 Å². The van der Waals surface area contributed by atoms with Crippen molar-refractivity contribution in [3.8, 4) is 0 Å². The lowest BCUT2D eigenvalue weighted by Crippen LogP contribution is -2.53. The van der Waals surface area contributed by atoms with Gasteiger partial charge in [-0.3, -0.25) is 9.59 Å². The molecule has 2 N–H and O–H groups in total. The SMILES string of the molecule is CN(C)C(CNC(=O)c1ccc(CNC(=O)C23CC4CC(CC(C4)C2)C3)cc1)Cc1ccccc1. The van der Waals surface area contributed by atoms with E-state index in [1.165, 1.54) is 24.8 Å². The molecule has 2 amide bonds. The van der Waals surface area contributed by atoms with Gasteiger partial charge in [0.05, 0.1) is 0 Å². The van der Waals surface area contributed by atoms with Gasteiger partial charge in [-0.25, -0.2) is 0 Å². The van der Waals surface area contributed by atoms with Gasteiger partial charge in [0.1, 0.15) is 0 Å². The van der Waals surface area contributed by atoms with E-state index in [1.807, 2.05) is 56.6 Å². The van der Waals surface area contributed by atoms with Gasteiger partial charge in [0.2, 0.25) is 5.91 Å². The predicted octanol–water partition coefficient (Wildman–Crippen LogP) is 4.42. The summed E-state index contributed by atoms with van der Waals surface area (Å²) in [7, 11) is 4.10. The molecular weight excluding hydrogens is 434 g/mol. The van der Waals surface area contributed by atoms with Crippen molar-refractivity contribution in [2.75, 3.05) is 20.6 Å². The third-order valence-electron chi connectivity index (χ3n) is 8.73. The zero-order valence-corrected chi connectivity index (χ0v) is 21.1. The second-order valence-electron chi connectivity index (χ2n) is 11.6. The highest BCUT2D eigenvalue weighted by Crippen LogP contribution is 2.60. The van der Waals surface area contributed by atoms with Gasteiger partial charge in [-0.05, 0) is 100 Å². The van der Waals surface area contributed by atoms with E-state index in [2.05, 4.69) is 27.7 Å². The molecule has 186 valence electrons. The largest absolute Gasteiger partial charge is 0.352 e. The Morgan fingerprint density at radius 2 is 1.46 bits per heavy atom. The fraction of sp³-hybridized carbons (Fsp3) is 0.533. The Hall–Kier alpha value is -2.66. The van der Waals surface area contributed by atoms with Crippen molar-refractivity contribution in [3.63, 3.8) is 0 Å². The van der Waals surface area contributed by atoms with Crippen molar-refractivity contribution >= 4 is 11.8 Å². The van der Waals surface area contributed by atoms with E-state index in [0.717, 1.165) is 49.0 Å². The summed E-state index contributed by atoms with van der Waals surface area (Å²) >= 11 is 0. The predicted molar refractivity (Wildman–Crippen MR) is 139 cm³/mol. The van der Waals surface area contributed by atoms with Gasteiger partial charge in [-0.15, -0.1) is 0 Å². The van der Waals surface area contributed by atoms with E-state index in [1.54, 1.807) is 0 Å². The number of benzene rings is 2. The average molecular weight is 474 g/mol. The number of rotatable bonds is 9. The molecule has 0 spiro atoms. The lowest BCUT2D eigenvalue weighted by molar-refractivity contribution is -0.146. The van der Waals surface area contributed by atoms with E-state index in [4.69, 9.17) is 0 Å². The summed E-state index contributed by atoms with van der Waals surface area (Å²) in [5.74, 6) is 2.50. The minimum absolute atomic E-state index is 0.0611. The smallest absolute Gasteiger partial charge is 0.251 e. The van der Waals surface area contributed by atoms with Crippen LogP contribution >= 0.6 is 0 Å². The van der Waals surface area contributed by atoms with Gasteiger partial charge in [0, 0.05) is 30.1 Å². The molecule has 0 saturated heterocycles. The highest BCUT2D eigenvalue weighted by atomic mass is 16.2. The van der Waals surface area contributed by atoms with Crippen LogP contribution in [0.3, 0.4) is 0 Å². The summed E-state index contributed by atoms with van der Waals surface area (Å²) in [6.45, 7) is 1.12. The minimum Gasteiger partial charge on any atom is -0.352 e. The molecule has 5 heteroatoms. The Morgan fingerprint density at radius 3 is 2.03 bits per heavy atom. The molecule has 2 aromatic rings. The van der Waals surface area contributed by atoms with Crippen LogP contribution < -0.4 is 10.6 Å². The van der Waals surface area contributed by atoms with E-state index < -0.39 is 0 Å². The monoisotopic (exact) mass is 473 g/mol. The normalized spacial score (nSPS) is 27.6. The van der Waals surface area contributed by atoms with Crippen molar-refractivity contribution in [1.29, 1.82) is 0 Å². The first kappa shape index (κ1) is 24.1. The summed E-state index contributed by atoms with van der Waals surface area (Å²) in [5.41, 5.74) is 2.84. The van der Waals surface area contributed by atoms with Crippen LogP contribution in [0.15, 0.2) is 54.6 Å². The van der Waals surface area contributed by atoms with Crippen LogP contribution in [0.25, 0.3) is 0 Å². The van der Waals surface area contributed by atoms with Crippen molar-refractivity contribution in [3.05, 3.63) is 71.3 Å². The van der Waals surface area contributed by atoms with Crippen LogP contribution in [0.2, 0.25) is 0 Å². The first-order valence-corrected chi connectivity index (χ1v) is 13.3. The third kappa shape index (κ3) is 5.45. The number of amides is 2. The van der Waals surface area contributed by atoms with Gasteiger partial charge in [0.15, 0.2) is 0 Å². The van der Waals surface area contributed by atoms with E-state index in [9.17, 15) is 9.59 Å². The number of hydrogen-bond acceptors (Lipinski definition) is 3. The number of carbonyl (C=O) groups excluding carboxylic acids is 2. The molecule has 4 fully saturated rings. The molecule has 4 aliphatic rings. The summed E-state index contributed by atoms with van der Waals surface area (Å²) < 4.78 is 0. The fourth-order valence-corrected chi connectivity index (χ4v) is 7.17. The van der Waals surface area contributed by atoms with E-state index in [0.29, 0.717) is 18.7 Å². The van der Waals surface area contributed by atoms with Gasteiger partial charge in [0.25, 0.3) is 5.91 Å². The molecule has 4 saturated carbocycles. The van der Waals surface area contributed by atoms with Crippen LogP contribution in [-0.4, -0.2) is 43.4 Å². The molecule has 5 nitrogen and oxygen atoms in total. The summed E-state index contributed by atoms with van der Waals surface area (Å²) in [6, 6.07) is 18.2. The molecule has 4 aliphatic carbocycles. The molecule has 4 bridgehead atoms. The molecule has 2 aromatic carbocycles. The second kappa shape index (κ2) is 10.1. The minimum atomic E-state index is -0.114. The van der Waals surface area contributed by atoms with Crippen LogP contribution in [0, 0.1) is 23.2 Å². The Morgan fingerprint density at radius 1 is 0.857 bits per heavy atom. The number of likely N-dealkylation sites (N-methyl/N-ethyl adjacent to an activating group) is 1. The topological polar surface area (TPSA) is 61.4 Å². The highest BCUT2D eigenvalue weighted by molar-refractivity contribution is 5.94. The standard InChI is InChI=1S/C30H39N3O2/c1-33(2)27(15-21-6-4-3-5-7-21)20-31-28(34)26-10-8-22(9-11-26)19-32-29(35)30-16-23-12-24(17-30)14-25(13-23)18-30/h3-11,23-25,27H,12-20H2,1-2H3,(H,31,34)(H,32,35). The highest BCUT2D eigenvalue weighted by Gasteiger charge is 2.54. The maximum absolute atomic E-state index is 13.2. The van der Waals surface area contributed by atoms with Gasteiger partial charge in [-0.1, -0.05) is 42.5 Å². The zero-order valence-electron chi connectivity index (χ0n) is 21.1. The lowest BCUT2D eigenvalue weighted by atomic mass is 9.49. The first-order chi connectivity index (χ1) is 16.9. The Bertz CT molecular complexity index is 996. The van der Waals surface area contributed by atoms with Crippen LogP contribution in [0.5, 0.6) is 0 Å². The molecule has 0 aromatic heterocycles. The summed E-state index contributed by atoms with van der Waals surface area (Å²) in [5, 5.41) is 6.33. The van der Waals surface area contributed by atoms with Crippen molar-refractivity contribution in [1.82, 2.24) is 15.5 Å². The summed E-state index contributed by atoms with van der Waals surface area (Å²) in [6.07, 6.45) is 8.18. The van der Waals surface area contributed by atoms with Gasteiger partial charge >= 0.3 is 0 Å². The third-order valence-corrected chi connectivity index (χ3v) is 8.73. The molecule has 6 rings (SSSR count). The maximum atomic E-state index is 13.2. The first-order valence-electron chi connectivity index (χ1n) is 13.3. The quantitative estimate of drug-likeness (QED) is 0.567. The average Bonchev–Trinajstić information content (AvgIpc) is 2.85. The Balaban J connectivity index is 1.12. The number of nitrogens with one attached hydrogen (secondary N) is 2. The molecule has 0 aliphatic heterocycles. The summed E-state index contributed by atoms with van der Waals surface area (Å²) in [4.78, 5) is 28.1. The molecule has 0 heterocycles. The van der Waals surface area contributed by atoms with E-state index in [-0.39, 0.29) is 23.3 Å². The second-order valence-corrected chi connectivity index (χ2v) is 11.6. The molecule has 1 unspecified atom stereocenters. The molecule has 0 radical (unpaired) electrons. The zero-order chi connectivity index (χ0) is 24.4. The van der Waals surface area contributed by atoms with E-state index >= 15 is 0 Å². The van der Waals surface area contributed by atoms with Crippen LogP contribution in [-0.2, 0) is 17.8 Å². The number of carbonyl (C=O) groups is 2. The number of nitrogens with zero attached hydrogens (tertiary/aromatic N) is 1.